The van der Waals surface area contributed by atoms with Gasteiger partial charge in [-0.05, 0) is 49.9 Å². The molecule has 1 fully saturated rings. The van der Waals surface area contributed by atoms with E-state index in [0.717, 1.165) is 23.4 Å². The van der Waals surface area contributed by atoms with Crippen LogP contribution in [0.3, 0.4) is 0 Å². The summed E-state index contributed by atoms with van der Waals surface area (Å²) in [4.78, 5) is 31.6. The van der Waals surface area contributed by atoms with Crippen molar-refractivity contribution in [2.24, 2.45) is 0 Å². The van der Waals surface area contributed by atoms with Gasteiger partial charge in [0.25, 0.3) is 11.8 Å². The largest absolute Gasteiger partial charge is 0.484 e. The highest BCUT2D eigenvalue weighted by atomic mass is 32.2. The molecule has 11 heteroatoms. The van der Waals surface area contributed by atoms with Gasteiger partial charge in [-0.1, -0.05) is 35.1 Å². The zero-order valence-corrected chi connectivity index (χ0v) is 21.9. The number of benzene rings is 1. The number of nitrogens with one attached hydrogen (secondary N) is 1. The summed E-state index contributed by atoms with van der Waals surface area (Å²) in [7, 11) is 0. The number of amides is 2. The lowest BCUT2D eigenvalue weighted by atomic mass is 9.97. The second-order valence-electron chi connectivity index (χ2n) is 8.08. The van der Waals surface area contributed by atoms with Crippen molar-refractivity contribution in [2.75, 3.05) is 30.8 Å². The highest BCUT2D eigenvalue weighted by molar-refractivity contribution is 8.01. The lowest BCUT2D eigenvalue weighted by Gasteiger charge is -2.31. The first-order valence-corrected chi connectivity index (χ1v) is 13.8. The second-order valence-corrected chi connectivity index (χ2v) is 11.2. The zero-order valence-electron chi connectivity index (χ0n) is 19.4. The van der Waals surface area contributed by atoms with Crippen LogP contribution in [0.2, 0.25) is 0 Å². The highest BCUT2D eigenvalue weighted by Crippen LogP contribution is 2.31. The summed E-state index contributed by atoms with van der Waals surface area (Å²) in [6.45, 7) is 5.38. The van der Waals surface area contributed by atoms with Gasteiger partial charge in [-0.25, -0.2) is 4.98 Å². The fourth-order valence-electron chi connectivity index (χ4n) is 3.58. The molecule has 0 saturated carbocycles. The highest BCUT2D eigenvalue weighted by Gasteiger charge is 2.26. The topological polar surface area (TPSA) is 97.3 Å². The number of thioether (sulfide) groups is 1. The van der Waals surface area contributed by atoms with Crippen LogP contribution in [0.25, 0.3) is 0 Å². The summed E-state index contributed by atoms with van der Waals surface area (Å²) >= 11 is 4.15. The number of terminal acetylenes is 1. The number of likely N-dealkylation sites (tertiary alicyclic amines) is 1. The van der Waals surface area contributed by atoms with Crippen molar-refractivity contribution in [3.63, 3.8) is 0 Å². The molecule has 1 aromatic carbocycles. The Morgan fingerprint density at radius 1 is 1.26 bits per heavy atom. The molecule has 3 heterocycles. The van der Waals surface area contributed by atoms with E-state index in [1.165, 1.54) is 40.0 Å². The van der Waals surface area contributed by atoms with Crippen molar-refractivity contribution in [1.82, 2.24) is 20.1 Å². The van der Waals surface area contributed by atoms with Crippen LogP contribution < -0.4 is 10.1 Å². The molecule has 1 aliphatic heterocycles. The first-order chi connectivity index (χ1) is 16.9. The van der Waals surface area contributed by atoms with E-state index in [4.69, 9.17) is 11.2 Å². The Morgan fingerprint density at radius 3 is 2.80 bits per heavy atom. The number of hydrogen-bond acceptors (Lipinski definition) is 9. The fraction of sp³-hybridized carbons (Fsp3) is 0.375. The third kappa shape index (κ3) is 6.60. The van der Waals surface area contributed by atoms with Gasteiger partial charge in [0.2, 0.25) is 5.13 Å². The molecule has 0 radical (unpaired) electrons. The average Bonchev–Trinajstić information content (AvgIpc) is 3.53. The number of carbonyl (C=O) groups is 2. The number of thiazole rings is 1. The van der Waals surface area contributed by atoms with Crippen molar-refractivity contribution in [3.8, 4) is 18.1 Å². The molecule has 0 spiro atoms. The van der Waals surface area contributed by atoms with Gasteiger partial charge < -0.3 is 9.64 Å². The van der Waals surface area contributed by atoms with Crippen molar-refractivity contribution < 1.29 is 14.3 Å². The first-order valence-electron chi connectivity index (χ1n) is 11.1. The number of hydrogen-bond donors (Lipinski definition) is 1. The van der Waals surface area contributed by atoms with Crippen LogP contribution in [0.15, 0.2) is 27.9 Å². The molecule has 35 heavy (non-hydrogen) atoms. The molecule has 1 saturated heterocycles. The summed E-state index contributed by atoms with van der Waals surface area (Å²) in [5.41, 5.74) is 2.69. The maximum absolute atomic E-state index is 12.6. The van der Waals surface area contributed by atoms with Crippen LogP contribution in [0.5, 0.6) is 5.75 Å². The Labute approximate surface area is 216 Å². The summed E-state index contributed by atoms with van der Waals surface area (Å²) in [5.74, 6) is 3.63. The van der Waals surface area contributed by atoms with E-state index in [1.54, 1.807) is 5.38 Å². The van der Waals surface area contributed by atoms with Crippen LogP contribution in [0, 0.1) is 26.2 Å². The average molecular weight is 528 g/mol. The molecule has 2 aromatic heterocycles. The SMILES string of the molecule is C#CCSc1nnc(NC(=O)c2csc(C3CCN(C(=O)COc4ccc(C)c(C)c4)CC3)n2)s1. The van der Waals surface area contributed by atoms with Gasteiger partial charge in [-0.3, -0.25) is 14.9 Å². The van der Waals surface area contributed by atoms with Gasteiger partial charge in [0.1, 0.15) is 11.4 Å². The van der Waals surface area contributed by atoms with Crippen LogP contribution >= 0.6 is 34.4 Å². The van der Waals surface area contributed by atoms with Crippen molar-refractivity contribution in [3.05, 3.63) is 45.4 Å². The molecule has 1 aliphatic rings. The number of rotatable bonds is 8. The molecule has 8 nitrogen and oxygen atoms in total. The van der Waals surface area contributed by atoms with Crippen molar-refractivity contribution in [2.45, 2.75) is 36.9 Å². The van der Waals surface area contributed by atoms with E-state index >= 15 is 0 Å². The van der Waals surface area contributed by atoms with E-state index in [1.807, 2.05) is 36.9 Å². The van der Waals surface area contributed by atoms with Crippen LogP contribution in [-0.2, 0) is 4.79 Å². The van der Waals surface area contributed by atoms with Gasteiger partial charge in [-0.2, -0.15) is 0 Å². The molecule has 0 bridgehead atoms. The van der Waals surface area contributed by atoms with Crippen LogP contribution in [0.1, 0.15) is 45.4 Å². The Kier molecular flexibility index (Phi) is 8.38. The normalized spacial score (nSPS) is 13.9. The summed E-state index contributed by atoms with van der Waals surface area (Å²) in [5, 5.41) is 13.8. The number of aryl methyl sites for hydroxylation is 2. The Balaban J connectivity index is 1.25. The number of piperidine rings is 1. The molecule has 4 rings (SSSR count). The monoisotopic (exact) mass is 527 g/mol. The van der Waals surface area contributed by atoms with E-state index in [9.17, 15) is 9.59 Å². The van der Waals surface area contributed by atoms with Gasteiger partial charge in [0, 0.05) is 24.4 Å². The molecular formula is C24H25N5O3S3. The van der Waals surface area contributed by atoms with E-state index < -0.39 is 0 Å². The standard InChI is InChI=1S/C24H25N5O3S3/c1-4-11-33-24-28-27-23(35-24)26-21(31)19-14-34-22(25-19)17-7-9-29(10-8-17)20(30)13-32-18-6-5-15(2)16(3)12-18/h1,5-6,12,14,17H,7-11,13H2,2-3H3,(H,26,27,31). The fourth-order valence-corrected chi connectivity index (χ4v) is 5.98. The lowest BCUT2D eigenvalue weighted by molar-refractivity contribution is -0.134. The maximum atomic E-state index is 12.6. The smallest absolute Gasteiger partial charge is 0.276 e. The predicted octanol–water partition coefficient (Wildman–Crippen LogP) is 4.37. The quantitative estimate of drug-likeness (QED) is 0.264. The van der Waals surface area contributed by atoms with E-state index in [2.05, 4.69) is 26.4 Å². The van der Waals surface area contributed by atoms with Gasteiger partial charge >= 0.3 is 0 Å². The predicted molar refractivity (Wildman–Crippen MR) is 139 cm³/mol. The molecule has 1 N–H and O–H groups in total. The van der Waals surface area contributed by atoms with Crippen molar-refractivity contribution in [1.29, 1.82) is 0 Å². The molecule has 0 aliphatic carbocycles. The second kappa shape index (κ2) is 11.7. The molecule has 2 amide bonds. The molecule has 0 unspecified atom stereocenters. The number of carbonyl (C=O) groups excluding carboxylic acids is 2. The number of anilines is 1. The molecule has 0 atom stereocenters. The van der Waals surface area contributed by atoms with Crippen LogP contribution in [-0.4, -0.2) is 57.3 Å². The minimum absolute atomic E-state index is 0.0160. The third-order valence-corrected chi connectivity index (χ3v) is 8.58. The Hall–Kier alpha value is -2.94. The van der Waals surface area contributed by atoms with Crippen LogP contribution in [0.4, 0.5) is 5.13 Å². The van der Waals surface area contributed by atoms with Gasteiger partial charge in [0.05, 0.1) is 10.8 Å². The summed E-state index contributed by atoms with van der Waals surface area (Å²) in [6.07, 6.45) is 6.86. The van der Waals surface area contributed by atoms with E-state index in [0.29, 0.717) is 39.8 Å². The van der Waals surface area contributed by atoms with Gasteiger partial charge in [0.15, 0.2) is 10.9 Å². The number of ether oxygens (including phenoxy) is 1. The van der Waals surface area contributed by atoms with Crippen molar-refractivity contribution >= 4 is 51.4 Å². The molecular weight excluding hydrogens is 502 g/mol. The number of nitrogens with zero attached hydrogens (tertiary/aromatic N) is 4. The Bertz CT molecular complexity index is 1240. The first kappa shape index (κ1) is 25.2. The number of aromatic nitrogens is 3. The molecule has 3 aromatic rings. The minimum Gasteiger partial charge on any atom is -0.484 e. The minimum atomic E-state index is -0.312. The Morgan fingerprint density at radius 2 is 2.06 bits per heavy atom. The maximum Gasteiger partial charge on any atom is 0.276 e. The van der Waals surface area contributed by atoms with Gasteiger partial charge in [-0.15, -0.1) is 28.0 Å². The zero-order chi connectivity index (χ0) is 24.8. The lowest BCUT2D eigenvalue weighted by Crippen LogP contribution is -2.40. The third-order valence-electron chi connectivity index (χ3n) is 5.70. The van der Waals surface area contributed by atoms with E-state index in [-0.39, 0.29) is 24.3 Å². The molecule has 182 valence electrons. The summed E-state index contributed by atoms with van der Waals surface area (Å²) < 4.78 is 6.41. The summed E-state index contributed by atoms with van der Waals surface area (Å²) in [6, 6.07) is 5.84.